The molecular formula is C39H49FO3Si. The molecule has 1 aliphatic carbocycles. The molecule has 3 nitrogen and oxygen atoms in total. The number of benzene rings is 3. The summed E-state index contributed by atoms with van der Waals surface area (Å²) in [6.07, 6.45) is 7.60. The zero-order chi connectivity index (χ0) is 32.1. The summed E-state index contributed by atoms with van der Waals surface area (Å²) in [6.45, 7) is 16.8. The van der Waals surface area contributed by atoms with Crippen molar-refractivity contribution in [2.24, 2.45) is 0 Å². The van der Waals surface area contributed by atoms with Gasteiger partial charge in [0.15, 0.2) is 8.32 Å². The second-order valence-corrected chi connectivity index (χ2v) is 17.9. The first-order valence-electron chi connectivity index (χ1n) is 16.2. The Morgan fingerprint density at radius 3 is 2.09 bits per heavy atom. The minimum atomic E-state index is -1.73. The van der Waals surface area contributed by atoms with E-state index in [1.54, 1.807) is 6.07 Å². The predicted octanol–water partition coefficient (Wildman–Crippen LogP) is 10.2. The summed E-state index contributed by atoms with van der Waals surface area (Å²) in [5, 5.41) is 0. The third-order valence-corrected chi connectivity index (χ3v) is 10.2. The van der Waals surface area contributed by atoms with Crippen LogP contribution in [0.3, 0.4) is 0 Å². The lowest BCUT2D eigenvalue weighted by Gasteiger charge is -2.38. The number of aryl methyl sites for hydroxylation is 2. The minimum Gasteiger partial charge on any atom is -0.461 e. The molecule has 4 rings (SSSR count). The third-order valence-electron chi connectivity index (χ3n) is 9.15. The molecule has 0 bridgehead atoms. The molecule has 0 aliphatic heterocycles. The van der Waals surface area contributed by atoms with Gasteiger partial charge in [-0.15, -0.1) is 0 Å². The Morgan fingerprint density at radius 1 is 0.909 bits per heavy atom. The molecule has 0 atom stereocenters. The molecule has 5 heteroatoms. The van der Waals surface area contributed by atoms with Crippen molar-refractivity contribution in [3.63, 3.8) is 0 Å². The second kappa shape index (κ2) is 13.8. The van der Waals surface area contributed by atoms with Crippen LogP contribution in [0.1, 0.15) is 99.1 Å². The van der Waals surface area contributed by atoms with Crippen molar-refractivity contribution < 1.29 is 18.3 Å². The summed E-state index contributed by atoms with van der Waals surface area (Å²) in [6, 6.07) is 18.5. The van der Waals surface area contributed by atoms with Crippen LogP contribution in [-0.2, 0) is 26.0 Å². The van der Waals surface area contributed by atoms with E-state index in [4.69, 9.17) is 9.16 Å². The van der Waals surface area contributed by atoms with Crippen molar-refractivity contribution in [2.75, 3.05) is 0 Å². The van der Waals surface area contributed by atoms with E-state index in [-0.39, 0.29) is 23.4 Å². The lowest BCUT2D eigenvalue weighted by Crippen LogP contribution is -2.43. The highest BCUT2D eigenvalue weighted by atomic mass is 28.4. The van der Waals surface area contributed by atoms with Gasteiger partial charge in [0.1, 0.15) is 18.0 Å². The van der Waals surface area contributed by atoms with E-state index in [1.807, 2.05) is 6.07 Å². The van der Waals surface area contributed by atoms with Gasteiger partial charge in [-0.05, 0) is 118 Å². The molecule has 44 heavy (non-hydrogen) atoms. The van der Waals surface area contributed by atoms with Crippen molar-refractivity contribution in [3.05, 3.63) is 93.8 Å². The summed E-state index contributed by atoms with van der Waals surface area (Å²) in [7, 11) is -1.73. The number of hydrogen-bond donors (Lipinski definition) is 0. The monoisotopic (exact) mass is 612 g/mol. The van der Waals surface area contributed by atoms with E-state index in [0.717, 1.165) is 47.9 Å². The lowest BCUT2D eigenvalue weighted by atomic mass is 9.69. The van der Waals surface area contributed by atoms with Crippen molar-refractivity contribution >= 4 is 14.3 Å². The van der Waals surface area contributed by atoms with Crippen LogP contribution in [0.25, 0.3) is 11.1 Å². The molecule has 0 saturated heterocycles. The molecule has 0 heterocycles. The van der Waals surface area contributed by atoms with Gasteiger partial charge in [-0.2, -0.15) is 0 Å². The first-order chi connectivity index (χ1) is 20.8. The fourth-order valence-corrected chi connectivity index (χ4v) is 8.20. The van der Waals surface area contributed by atoms with E-state index < -0.39 is 14.3 Å². The Balaban J connectivity index is 1.65. The van der Waals surface area contributed by atoms with Gasteiger partial charge in [0, 0.05) is 23.5 Å². The van der Waals surface area contributed by atoms with Gasteiger partial charge in [-0.1, -0.05) is 74.6 Å². The fraction of sp³-hybridized carbons (Fsp3) is 0.462. The van der Waals surface area contributed by atoms with Gasteiger partial charge in [0.2, 0.25) is 0 Å². The average Bonchev–Trinajstić information content (AvgIpc) is 2.96. The van der Waals surface area contributed by atoms with Crippen LogP contribution in [0.15, 0.2) is 54.6 Å². The first-order valence-corrected chi connectivity index (χ1v) is 19.6. The molecule has 1 saturated carbocycles. The number of hydrogen-bond acceptors (Lipinski definition) is 3. The molecule has 0 radical (unpaired) electrons. The van der Waals surface area contributed by atoms with E-state index in [2.05, 4.69) is 95.6 Å². The Morgan fingerprint density at radius 2 is 1.55 bits per heavy atom. The Labute approximate surface area is 265 Å². The maximum atomic E-state index is 14.8. The molecule has 0 unspecified atom stereocenters. The van der Waals surface area contributed by atoms with Gasteiger partial charge >= 0.3 is 5.97 Å². The number of carbonyl (C=O) groups is 1. The smallest absolute Gasteiger partial charge is 0.302 e. The van der Waals surface area contributed by atoms with E-state index in [0.29, 0.717) is 5.56 Å². The van der Waals surface area contributed by atoms with E-state index in [1.165, 1.54) is 48.9 Å². The van der Waals surface area contributed by atoms with Gasteiger partial charge in [0.25, 0.3) is 0 Å². The first kappa shape index (κ1) is 33.7. The number of rotatable bonds is 9. The standard InChI is InChI=1S/C39H49FO3Si/c1-9-39(10-2,35-18-19-36(29(4)25-35)32-14-15-33(37(40)26-32)27-42-30(5)41)34-17-16-31(28(3)24-34)20-23-38(43-44(6,7)8)21-12-11-13-22-38/h14-19,24-26H,9-13,21-22,27H2,1-8H3. The van der Waals surface area contributed by atoms with Crippen LogP contribution < -0.4 is 0 Å². The predicted molar refractivity (Wildman–Crippen MR) is 182 cm³/mol. The van der Waals surface area contributed by atoms with E-state index in [9.17, 15) is 9.18 Å². The average molecular weight is 613 g/mol. The molecule has 3 aromatic carbocycles. The van der Waals surface area contributed by atoms with Crippen LogP contribution >= 0.6 is 0 Å². The topological polar surface area (TPSA) is 35.5 Å². The Hall–Kier alpha value is -3.20. The van der Waals surface area contributed by atoms with Gasteiger partial charge < -0.3 is 9.16 Å². The summed E-state index contributed by atoms with van der Waals surface area (Å²) in [4.78, 5) is 11.1. The van der Waals surface area contributed by atoms with Crippen molar-refractivity contribution in [3.8, 4) is 23.0 Å². The molecule has 0 aromatic heterocycles. The maximum Gasteiger partial charge on any atom is 0.302 e. The fourth-order valence-electron chi connectivity index (χ4n) is 6.77. The highest BCUT2D eigenvalue weighted by Gasteiger charge is 2.36. The quantitative estimate of drug-likeness (QED) is 0.137. The van der Waals surface area contributed by atoms with Gasteiger partial charge in [0.05, 0.1) is 0 Å². The van der Waals surface area contributed by atoms with Crippen LogP contribution in [0.4, 0.5) is 4.39 Å². The minimum absolute atomic E-state index is 0.0637. The number of carbonyl (C=O) groups excluding carboxylic acids is 1. The SMILES string of the molecule is CCC(CC)(c1ccc(C#CC2(O[Si](C)(C)C)CCCCC2)c(C)c1)c1ccc(-c2ccc(COC(C)=O)c(F)c2)c(C)c1. The summed E-state index contributed by atoms with van der Waals surface area (Å²) < 4.78 is 26.5. The molecule has 3 aromatic rings. The molecule has 1 fully saturated rings. The van der Waals surface area contributed by atoms with Crippen LogP contribution in [-0.4, -0.2) is 19.9 Å². The summed E-state index contributed by atoms with van der Waals surface area (Å²) in [5.74, 6) is 6.38. The highest BCUT2D eigenvalue weighted by molar-refractivity contribution is 6.69. The third kappa shape index (κ3) is 7.71. The number of halogens is 1. The van der Waals surface area contributed by atoms with Crippen molar-refractivity contribution in [1.82, 2.24) is 0 Å². The summed E-state index contributed by atoms with van der Waals surface area (Å²) in [5.41, 5.74) is 7.64. The number of esters is 1. The number of ether oxygens (including phenoxy) is 1. The van der Waals surface area contributed by atoms with E-state index >= 15 is 0 Å². The second-order valence-electron chi connectivity index (χ2n) is 13.5. The van der Waals surface area contributed by atoms with Crippen LogP contribution in [0.5, 0.6) is 0 Å². The van der Waals surface area contributed by atoms with Crippen LogP contribution in [0, 0.1) is 31.5 Å². The lowest BCUT2D eigenvalue weighted by molar-refractivity contribution is -0.142. The largest absolute Gasteiger partial charge is 0.461 e. The van der Waals surface area contributed by atoms with Crippen LogP contribution in [0.2, 0.25) is 19.6 Å². The zero-order valence-corrected chi connectivity index (χ0v) is 29.0. The molecule has 0 amide bonds. The van der Waals surface area contributed by atoms with Gasteiger partial charge in [-0.3, -0.25) is 4.79 Å². The highest BCUT2D eigenvalue weighted by Crippen LogP contribution is 2.41. The normalized spacial score (nSPS) is 14.9. The Bertz CT molecular complexity index is 1550. The maximum absolute atomic E-state index is 14.8. The summed E-state index contributed by atoms with van der Waals surface area (Å²) >= 11 is 0. The van der Waals surface area contributed by atoms with Crippen molar-refractivity contribution in [1.29, 1.82) is 0 Å². The van der Waals surface area contributed by atoms with Gasteiger partial charge in [-0.25, -0.2) is 4.39 Å². The molecule has 0 spiro atoms. The van der Waals surface area contributed by atoms with Crippen molar-refractivity contribution in [2.45, 2.75) is 117 Å². The molecule has 234 valence electrons. The Kier molecular flexibility index (Phi) is 10.6. The molecule has 1 aliphatic rings. The molecular weight excluding hydrogens is 564 g/mol. The molecule has 0 N–H and O–H groups in total. The zero-order valence-electron chi connectivity index (χ0n) is 28.0.